The van der Waals surface area contributed by atoms with Gasteiger partial charge in [0.2, 0.25) is 0 Å². The van der Waals surface area contributed by atoms with Crippen LogP contribution in [0.5, 0.6) is 0 Å². The van der Waals surface area contributed by atoms with Crippen molar-refractivity contribution in [1.29, 1.82) is 0 Å². The molecule has 0 bridgehead atoms. The second-order valence-corrected chi connectivity index (χ2v) is 5.64. The summed E-state index contributed by atoms with van der Waals surface area (Å²) in [5.41, 5.74) is 4.16. The molecule has 21 heavy (non-hydrogen) atoms. The highest BCUT2D eigenvalue weighted by molar-refractivity contribution is 9.10. The molecule has 0 aliphatic rings. The van der Waals surface area contributed by atoms with Crippen LogP contribution >= 0.6 is 15.9 Å². The van der Waals surface area contributed by atoms with Crippen LogP contribution in [-0.4, -0.2) is 21.5 Å². The number of anilines is 1. The van der Waals surface area contributed by atoms with E-state index in [-0.39, 0.29) is 0 Å². The predicted molar refractivity (Wildman–Crippen MR) is 88.2 cm³/mol. The minimum atomic E-state index is 0.829. The van der Waals surface area contributed by atoms with Gasteiger partial charge in [-0.1, -0.05) is 0 Å². The number of aromatic nitrogens is 3. The molecule has 0 spiro atoms. The van der Waals surface area contributed by atoms with Gasteiger partial charge >= 0.3 is 0 Å². The molecule has 5 heteroatoms. The van der Waals surface area contributed by atoms with E-state index in [1.165, 1.54) is 5.56 Å². The first kappa shape index (κ1) is 13.9. The number of fused-ring (bicyclic) bond motifs is 1. The van der Waals surface area contributed by atoms with Crippen LogP contribution in [0.2, 0.25) is 0 Å². The van der Waals surface area contributed by atoms with Crippen molar-refractivity contribution in [2.45, 2.75) is 13.5 Å². The van der Waals surface area contributed by atoms with E-state index >= 15 is 0 Å². The average Bonchev–Trinajstić information content (AvgIpc) is 2.53. The van der Waals surface area contributed by atoms with Crippen LogP contribution in [0.1, 0.15) is 12.5 Å². The van der Waals surface area contributed by atoms with Crippen molar-refractivity contribution in [2.24, 2.45) is 0 Å². The maximum absolute atomic E-state index is 4.53. The van der Waals surface area contributed by atoms with Crippen molar-refractivity contribution in [2.75, 3.05) is 11.4 Å². The van der Waals surface area contributed by atoms with E-state index in [2.05, 4.69) is 42.7 Å². The van der Waals surface area contributed by atoms with Crippen molar-refractivity contribution in [3.05, 3.63) is 59.1 Å². The second-order valence-electron chi connectivity index (χ2n) is 4.72. The van der Waals surface area contributed by atoms with Crippen molar-refractivity contribution >= 4 is 32.7 Å². The van der Waals surface area contributed by atoms with Crippen LogP contribution in [0.3, 0.4) is 0 Å². The Morgan fingerprint density at radius 3 is 2.67 bits per heavy atom. The van der Waals surface area contributed by atoms with Crippen LogP contribution in [0.25, 0.3) is 11.0 Å². The molecule has 0 atom stereocenters. The van der Waals surface area contributed by atoms with E-state index in [1.54, 1.807) is 0 Å². The Morgan fingerprint density at radius 2 is 1.90 bits per heavy atom. The molecule has 0 saturated carbocycles. The zero-order chi connectivity index (χ0) is 14.7. The highest BCUT2D eigenvalue weighted by Crippen LogP contribution is 2.26. The number of nitrogens with zero attached hydrogens (tertiary/aromatic N) is 4. The molecule has 0 saturated heterocycles. The lowest BCUT2D eigenvalue weighted by molar-refractivity contribution is 0.832. The second kappa shape index (κ2) is 6.18. The van der Waals surface area contributed by atoms with Gasteiger partial charge in [0.25, 0.3) is 0 Å². The monoisotopic (exact) mass is 342 g/mol. The van der Waals surface area contributed by atoms with Gasteiger partial charge in [-0.15, -0.1) is 0 Å². The first-order valence-corrected chi connectivity index (χ1v) is 7.61. The van der Waals surface area contributed by atoms with Gasteiger partial charge in [0.05, 0.1) is 11.2 Å². The van der Waals surface area contributed by atoms with E-state index in [0.717, 1.165) is 34.3 Å². The summed E-state index contributed by atoms with van der Waals surface area (Å²) in [5, 5.41) is 0. The van der Waals surface area contributed by atoms with Gasteiger partial charge in [-0.25, -0.2) is 0 Å². The first-order valence-electron chi connectivity index (χ1n) is 6.82. The smallest absolute Gasteiger partial charge is 0.112 e. The molecule has 0 radical (unpaired) electrons. The number of pyridine rings is 3. The highest BCUT2D eigenvalue weighted by atomic mass is 79.9. The van der Waals surface area contributed by atoms with Crippen LogP contribution in [-0.2, 0) is 6.54 Å². The molecule has 106 valence electrons. The quantitative estimate of drug-likeness (QED) is 0.722. The van der Waals surface area contributed by atoms with Gasteiger partial charge in [-0.05, 0) is 52.7 Å². The third-order valence-electron chi connectivity index (χ3n) is 3.37. The zero-order valence-corrected chi connectivity index (χ0v) is 13.3. The lowest BCUT2D eigenvalue weighted by Gasteiger charge is -2.24. The number of hydrogen-bond acceptors (Lipinski definition) is 4. The van der Waals surface area contributed by atoms with Crippen LogP contribution in [0.15, 0.2) is 53.5 Å². The lowest BCUT2D eigenvalue weighted by Crippen LogP contribution is -2.22. The Kier molecular flexibility index (Phi) is 4.10. The van der Waals surface area contributed by atoms with E-state index in [1.807, 2.05) is 49.1 Å². The Balaban J connectivity index is 2.01. The van der Waals surface area contributed by atoms with Gasteiger partial charge in [-0.2, -0.15) is 0 Å². The average molecular weight is 343 g/mol. The minimum absolute atomic E-state index is 0.829. The molecule has 0 aliphatic carbocycles. The van der Waals surface area contributed by atoms with Gasteiger partial charge in [-0.3, -0.25) is 15.0 Å². The molecule has 0 aliphatic heterocycles. The molecule has 0 aromatic carbocycles. The normalized spacial score (nSPS) is 10.8. The number of halogens is 1. The van der Waals surface area contributed by atoms with E-state index < -0.39 is 0 Å². The fraction of sp³-hybridized carbons (Fsp3) is 0.188. The molecule has 0 fully saturated rings. The van der Waals surface area contributed by atoms with Crippen LogP contribution in [0.4, 0.5) is 5.69 Å². The molecule has 3 heterocycles. The molecule has 0 N–H and O–H groups in total. The number of rotatable bonds is 4. The Labute approximate surface area is 132 Å². The zero-order valence-electron chi connectivity index (χ0n) is 11.7. The van der Waals surface area contributed by atoms with E-state index in [0.29, 0.717) is 0 Å². The van der Waals surface area contributed by atoms with Crippen LogP contribution in [0, 0.1) is 0 Å². The molecule has 3 rings (SSSR count). The maximum atomic E-state index is 4.53. The standard InChI is InChI=1S/C16H15BrN4/c1-2-21(11-12-3-6-18-7-4-12)15-5-8-19-14-9-13(17)10-20-16(14)15/h3-10H,2,11H2,1H3. The SMILES string of the molecule is CCN(Cc1ccncc1)c1ccnc2cc(Br)cnc12. The molecule has 4 nitrogen and oxygen atoms in total. The summed E-state index contributed by atoms with van der Waals surface area (Å²) in [6.45, 7) is 3.88. The Morgan fingerprint density at radius 1 is 1.10 bits per heavy atom. The predicted octanol–water partition coefficient (Wildman–Crippen LogP) is 3.81. The summed E-state index contributed by atoms with van der Waals surface area (Å²) in [4.78, 5) is 15.3. The minimum Gasteiger partial charge on any atom is -0.366 e. The number of hydrogen-bond donors (Lipinski definition) is 0. The molecule has 0 unspecified atom stereocenters. The van der Waals surface area contributed by atoms with Crippen molar-refractivity contribution in [3.8, 4) is 0 Å². The third kappa shape index (κ3) is 3.03. The summed E-state index contributed by atoms with van der Waals surface area (Å²) in [6, 6.07) is 8.09. The molecule has 3 aromatic rings. The highest BCUT2D eigenvalue weighted by Gasteiger charge is 2.11. The van der Waals surface area contributed by atoms with Gasteiger partial charge in [0.1, 0.15) is 5.52 Å². The van der Waals surface area contributed by atoms with Crippen LogP contribution < -0.4 is 4.90 Å². The lowest BCUT2D eigenvalue weighted by atomic mass is 10.2. The summed E-state index contributed by atoms with van der Waals surface area (Å²) in [6.07, 6.45) is 7.29. The van der Waals surface area contributed by atoms with Gasteiger partial charge < -0.3 is 4.90 Å². The summed E-state index contributed by atoms with van der Waals surface area (Å²) >= 11 is 3.44. The van der Waals surface area contributed by atoms with Gasteiger partial charge in [0, 0.05) is 42.3 Å². The van der Waals surface area contributed by atoms with Crippen molar-refractivity contribution in [3.63, 3.8) is 0 Å². The topological polar surface area (TPSA) is 41.9 Å². The molecular formula is C16H15BrN4. The molecular weight excluding hydrogens is 328 g/mol. The van der Waals surface area contributed by atoms with Crippen molar-refractivity contribution in [1.82, 2.24) is 15.0 Å². The summed E-state index contributed by atoms with van der Waals surface area (Å²) in [7, 11) is 0. The maximum Gasteiger partial charge on any atom is 0.112 e. The fourth-order valence-corrected chi connectivity index (χ4v) is 2.64. The molecule has 3 aromatic heterocycles. The van der Waals surface area contributed by atoms with Crippen molar-refractivity contribution < 1.29 is 0 Å². The van der Waals surface area contributed by atoms with E-state index in [4.69, 9.17) is 0 Å². The summed E-state index contributed by atoms with van der Waals surface area (Å²) in [5.74, 6) is 0. The largest absolute Gasteiger partial charge is 0.366 e. The van der Waals surface area contributed by atoms with E-state index in [9.17, 15) is 0 Å². The fourth-order valence-electron chi connectivity index (χ4n) is 2.32. The van der Waals surface area contributed by atoms with Gasteiger partial charge in [0.15, 0.2) is 0 Å². The third-order valence-corrected chi connectivity index (χ3v) is 3.80. The molecule has 0 amide bonds. The first-order chi connectivity index (χ1) is 10.3. The Hall–Kier alpha value is -2.01. The summed E-state index contributed by atoms with van der Waals surface area (Å²) < 4.78 is 0.942. The Bertz CT molecular complexity index is 746.